The lowest BCUT2D eigenvalue weighted by molar-refractivity contribution is -0.384. The first-order chi connectivity index (χ1) is 12.5. The van der Waals surface area contributed by atoms with Gasteiger partial charge in [-0.05, 0) is 32.9 Å². The number of likely N-dealkylation sites (tertiary alicyclic amines) is 1. The fourth-order valence-corrected chi connectivity index (χ4v) is 2.41. The first kappa shape index (κ1) is 20.0. The number of terminal acetylenes is 1. The molecule has 1 aromatic carbocycles. The maximum atomic E-state index is 12.1. The smallest absolute Gasteiger partial charge is 0.444 e. The number of carbonyl (C=O) groups is 2. The quantitative estimate of drug-likeness (QED) is 0.262. The van der Waals surface area contributed by atoms with Gasteiger partial charge in [0, 0.05) is 25.1 Å². The van der Waals surface area contributed by atoms with Gasteiger partial charge in [-0.15, -0.1) is 6.42 Å². The summed E-state index contributed by atoms with van der Waals surface area (Å²) in [6, 6.07) is 4.92. The predicted molar refractivity (Wildman–Crippen MR) is 94.2 cm³/mol. The van der Waals surface area contributed by atoms with Gasteiger partial charge in [0.05, 0.1) is 11.5 Å². The molecule has 2 rings (SSSR count). The standard InChI is InChI=1S/C18H20N2O7/c1-5-18(10-11-19(12-18)15(21)26-17(2,3)4)27-16(22)25-14-8-6-13(7-9-14)20(23)24/h1,6-9H,10-12H2,2-4H3. The van der Waals surface area contributed by atoms with Gasteiger partial charge in [-0.25, -0.2) is 9.59 Å². The number of non-ortho nitro benzene ring substituents is 1. The van der Waals surface area contributed by atoms with Crippen LogP contribution in [0.2, 0.25) is 0 Å². The van der Waals surface area contributed by atoms with Crippen molar-refractivity contribution < 1.29 is 28.7 Å². The van der Waals surface area contributed by atoms with Gasteiger partial charge in [-0.3, -0.25) is 10.1 Å². The second kappa shape index (κ2) is 7.53. The predicted octanol–water partition coefficient (Wildman–Crippen LogP) is 3.12. The second-order valence-corrected chi connectivity index (χ2v) is 7.00. The van der Waals surface area contributed by atoms with Crippen molar-refractivity contribution in [3.8, 4) is 18.1 Å². The van der Waals surface area contributed by atoms with E-state index in [1.807, 2.05) is 0 Å². The molecule has 0 saturated carbocycles. The van der Waals surface area contributed by atoms with Crippen LogP contribution in [0.15, 0.2) is 24.3 Å². The molecule has 1 atom stereocenters. The fourth-order valence-electron chi connectivity index (χ4n) is 2.41. The Labute approximate surface area is 156 Å². The Bertz CT molecular complexity index is 776. The molecule has 144 valence electrons. The zero-order valence-corrected chi connectivity index (χ0v) is 15.3. The third-order valence-corrected chi connectivity index (χ3v) is 3.67. The zero-order chi connectivity index (χ0) is 20.2. The van der Waals surface area contributed by atoms with Crippen molar-refractivity contribution in [2.45, 2.75) is 38.4 Å². The van der Waals surface area contributed by atoms with Crippen LogP contribution >= 0.6 is 0 Å². The Morgan fingerprint density at radius 1 is 1.30 bits per heavy atom. The van der Waals surface area contributed by atoms with E-state index < -0.39 is 28.4 Å². The molecule has 1 fully saturated rings. The summed E-state index contributed by atoms with van der Waals surface area (Å²) in [7, 11) is 0. The Morgan fingerprint density at radius 3 is 2.44 bits per heavy atom. The number of rotatable bonds is 3. The molecule has 0 bridgehead atoms. The third-order valence-electron chi connectivity index (χ3n) is 3.67. The number of hydrogen-bond donors (Lipinski definition) is 0. The van der Waals surface area contributed by atoms with Gasteiger partial charge in [0.2, 0.25) is 0 Å². The first-order valence-corrected chi connectivity index (χ1v) is 8.14. The molecule has 27 heavy (non-hydrogen) atoms. The molecule has 0 aliphatic carbocycles. The Kier molecular flexibility index (Phi) is 5.59. The van der Waals surface area contributed by atoms with Crippen molar-refractivity contribution in [2.24, 2.45) is 0 Å². The molecule has 1 amide bonds. The molecular weight excluding hydrogens is 356 g/mol. The highest BCUT2D eigenvalue weighted by molar-refractivity contribution is 5.70. The maximum Gasteiger partial charge on any atom is 0.515 e. The van der Waals surface area contributed by atoms with Crippen LogP contribution in [0.1, 0.15) is 27.2 Å². The minimum absolute atomic E-state index is 0.0201. The molecule has 1 unspecified atom stereocenters. The highest BCUT2D eigenvalue weighted by atomic mass is 16.7. The second-order valence-electron chi connectivity index (χ2n) is 7.00. The highest BCUT2D eigenvalue weighted by Gasteiger charge is 2.44. The number of nitrogens with zero attached hydrogens (tertiary/aromatic N) is 2. The van der Waals surface area contributed by atoms with E-state index in [2.05, 4.69) is 5.92 Å². The lowest BCUT2D eigenvalue weighted by Gasteiger charge is -2.26. The number of carbonyl (C=O) groups excluding carboxylic acids is 2. The van der Waals surface area contributed by atoms with E-state index in [1.54, 1.807) is 20.8 Å². The lowest BCUT2D eigenvalue weighted by atomic mass is 10.1. The summed E-state index contributed by atoms with van der Waals surface area (Å²) in [6.45, 7) is 5.48. The number of nitro benzene ring substituents is 1. The molecule has 0 spiro atoms. The summed E-state index contributed by atoms with van der Waals surface area (Å²) in [5.41, 5.74) is -2.12. The van der Waals surface area contributed by atoms with Crippen molar-refractivity contribution in [1.29, 1.82) is 0 Å². The number of amides is 1. The number of benzene rings is 1. The SMILES string of the molecule is C#CC1(OC(=O)Oc2ccc([N+](=O)[O-])cc2)CCN(C(=O)OC(C)(C)C)C1. The van der Waals surface area contributed by atoms with E-state index in [1.165, 1.54) is 29.2 Å². The summed E-state index contributed by atoms with van der Waals surface area (Å²) in [4.78, 5) is 35.6. The van der Waals surface area contributed by atoms with Crippen molar-refractivity contribution in [3.05, 3.63) is 34.4 Å². The average Bonchev–Trinajstić information content (AvgIpc) is 2.98. The van der Waals surface area contributed by atoms with Crippen LogP contribution < -0.4 is 4.74 Å². The monoisotopic (exact) mass is 376 g/mol. The summed E-state index contributed by atoms with van der Waals surface area (Å²) >= 11 is 0. The minimum Gasteiger partial charge on any atom is -0.444 e. The molecule has 0 N–H and O–H groups in total. The maximum absolute atomic E-state index is 12.1. The summed E-state index contributed by atoms with van der Waals surface area (Å²) in [5, 5.41) is 10.6. The van der Waals surface area contributed by atoms with E-state index in [0.29, 0.717) is 0 Å². The van der Waals surface area contributed by atoms with Gasteiger partial charge >= 0.3 is 12.2 Å². The van der Waals surface area contributed by atoms with Crippen LogP contribution in [-0.4, -0.2) is 46.4 Å². The van der Waals surface area contributed by atoms with E-state index >= 15 is 0 Å². The van der Waals surface area contributed by atoms with Gasteiger partial charge < -0.3 is 19.1 Å². The molecule has 1 aromatic rings. The number of hydrogen-bond acceptors (Lipinski definition) is 7. The Hall–Kier alpha value is -3.28. The van der Waals surface area contributed by atoms with Crippen molar-refractivity contribution in [3.63, 3.8) is 0 Å². The first-order valence-electron chi connectivity index (χ1n) is 8.14. The Morgan fingerprint density at radius 2 is 1.93 bits per heavy atom. The molecule has 1 heterocycles. The lowest BCUT2D eigenvalue weighted by Crippen LogP contribution is -2.41. The van der Waals surface area contributed by atoms with Crippen molar-refractivity contribution in [2.75, 3.05) is 13.1 Å². The number of nitro groups is 1. The molecular formula is C18H20N2O7. The highest BCUT2D eigenvalue weighted by Crippen LogP contribution is 2.27. The van der Waals surface area contributed by atoms with Crippen molar-refractivity contribution >= 4 is 17.9 Å². The van der Waals surface area contributed by atoms with Gasteiger partial charge in [0.1, 0.15) is 11.4 Å². The zero-order valence-electron chi connectivity index (χ0n) is 15.3. The van der Waals surface area contributed by atoms with E-state index in [4.69, 9.17) is 20.6 Å². The van der Waals surface area contributed by atoms with Crippen LogP contribution in [0.3, 0.4) is 0 Å². The van der Waals surface area contributed by atoms with E-state index in [-0.39, 0.29) is 30.9 Å². The van der Waals surface area contributed by atoms with Gasteiger partial charge in [0.25, 0.3) is 5.69 Å². The van der Waals surface area contributed by atoms with E-state index in [9.17, 15) is 19.7 Å². The van der Waals surface area contributed by atoms with Crippen LogP contribution in [0.4, 0.5) is 15.3 Å². The number of ether oxygens (including phenoxy) is 3. The van der Waals surface area contributed by atoms with Crippen molar-refractivity contribution in [1.82, 2.24) is 4.90 Å². The molecule has 0 aromatic heterocycles. The average molecular weight is 376 g/mol. The molecule has 1 aliphatic heterocycles. The summed E-state index contributed by atoms with van der Waals surface area (Å²) in [6.07, 6.45) is 4.14. The van der Waals surface area contributed by atoms with Crippen LogP contribution in [0, 0.1) is 22.5 Å². The van der Waals surface area contributed by atoms with E-state index in [0.717, 1.165) is 0 Å². The third kappa shape index (κ3) is 5.34. The Balaban J connectivity index is 1.98. The summed E-state index contributed by atoms with van der Waals surface area (Å²) < 4.78 is 15.5. The normalized spacial score (nSPS) is 19.1. The molecule has 9 nitrogen and oxygen atoms in total. The van der Waals surface area contributed by atoms with Crippen LogP contribution in [-0.2, 0) is 9.47 Å². The van der Waals surface area contributed by atoms with Crippen LogP contribution in [0.25, 0.3) is 0 Å². The van der Waals surface area contributed by atoms with Gasteiger partial charge in [-0.2, -0.15) is 0 Å². The fraction of sp³-hybridized carbons (Fsp3) is 0.444. The topological polar surface area (TPSA) is 108 Å². The molecule has 1 saturated heterocycles. The molecule has 1 aliphatic rings. The van der Waals surface area contributed by atoms with Gasteiger partial charge in [-0.1, -0.05) is 5.92 Å². The largest absolute Gasteiger partial charge is 0.515 e. The molecule has 9 heteroatoms. The van der Waals surface area contributed by atoms with Crippen LogP contribution in [0.5, 0.6) is 5.75 Å². The molecule has 0 radical (unpaired) electrons. The minimum atomic E-state index is -1.32. The summed E-state index contributed by atoms with van der Waals surface area (Å²) in [5.74, 6) is 2.47. The van der Waals surface area contributed by atoms with Gasteiger partial charge in [0.15, 0.2) is 5.60 Å².